The van der Waals surface area contributed by atoms with E-state index in [-0.39, 0.29) is 17.7 Å². The van der Waals surface area contributed by atoms with Crippen LogP contribution in [0.1, 0.15) is 35.3 Å². The Hall–Kier alpha value is -1.43. The van der Waals surface area contributed by atoms with Crippen molar-refractivity contribution < 1.29 is 14.3 Å². The Labute approximate surface area is 136 Å². The molecule has 3 aliphatic heterocycles. The minimum Gasteiger partial charge on any atom is -0.459 e. The predicted octanol–water partition coefficient (Wildman–Crippen LogP) is 1.31. The first-order valence-corrected chi connectivity index (χ1v) is 8.48. The number of cyclic esters (lactones) is 1. The van der Waals surface area contributed by atoms with E-state index in [0.29, 0.717) is 11.6 Å². The summed E-state index contributed by atoms with van der Waals surface area (Å²) in [5.74, 6) is -0.206. The summed E-state index contributed by atoms with van der Waals surface area (Å²) in [4.78, 5) is 14.5. The molecule has 3 atom stereocenters. The monoisotopic (exact) mass is 316 g/mol. The highest BCUT2D eigenvalue weighted by atomic mass is 16.5. The Morgan fingerprint density at radius 3 is 3.13 bits per heavy atom. The molecule has 0 saturated carbocycles. The zero-order valence-electron chi connectivity index (χ0n) is 13.8. The summed E-state index contributed by atoms with van der Waals surface area (Å²) in [6, 6.07) is 6.55. The summed E-state index contributed by atoms with van der Waals surface area (Å²) < 4.78 is 11.6. The van der Waals surface area contributed by atoms with Crippen molar-refractivity contribution in [2.24, 2.45) is 0 Å². The van der Waals surface area contributed by atoms with Crippen molar-refractivity contribution in [2.45, 2.75) is 38.0 Å². The van der Waals surface area contributed by atoms with Gasteiger partial charge in [0.05, 0.1) is 12.2 Å². The molecule has 1 unspecified atom stereocenters. The molecule has 0 spiro atoms. The van der Waals surface area contributed by atoms with Gasteiger partial charge in [0.15, 0.2) is 0 Å². The second-order valence-corrected chi connectivity index (χ2v) is 7.16. The second kappa shape index (κ2) is 5.58. The molecule has 124 valence electrons. The number of esters is 1. The lowest BCUT2D eigenvalue weighted by atomic mass is 9.87. The number of benzene rings is 1. The van der Waals surface area contributed by atoms with E-state index in [0.717, 1.165) is 50.3 Å². The fraction of sp³-hybridized carbons (Fsp3) is 0.611. The summed E-state index contributed by atoms with van der Waals surface area (Å²) in [5.41, 5.74) is 2.63. The second-order valence-electron chi connectivity index (χ2n) is 7.16. The lowest BCUT2D eigenvalue weighted by Crippen LogP contribution is -2.61. The van der Waals surface area contributed by atoms with E-state index < -0.39 is 0 Å². The maximum Gasteiger partial charge on any atom is 0.338 e. The number of fused-ring (bicyclic) bond motifs is 2. The van der Waals surface area contributed by atoms with Crippen LogP contribution in [0.25, 0.3) is 0 Å². The Kier molecular flexibility index (Phi) is 3.67. The van der Waals surface area contributed by atoms with Crippen LogP contribution in [0.5, 0.6) is 0 Å². The number of morpholine rings is 1. The van der Waals surface area contributed by atoms with Crippen LogP contribution in [0, 0.1) is 0 Å². The van der Waals surface area contributed by atoms with Crippen molar-refractivity contribution in [3.8, 4) is 0 Å². The van der Waals surface area contributed by atoms with E-state index in [4.69, 9.17) is 9.47 Å². The van der Waals surface area contributed by atoms with Gasteiger partial charge in [0, 0.05) is 38.6 Å². The number of carbonyl (C=O) groups excluding carboxylic acids is 1. The van der Waals surface area contributed by atoms with E-state index in [9.17, 15) is 4.79 Å². The third-order valence-corrected chi connectivity index (χ3v) is 5.32. The summed E-state index contributed by atoms with van der Waals surface area (Å²) in [7, 11) is 0. The van der Waals surface area contributed by atoms with Gasteiger partial charge in [-0.25, -0.2) is 4.79 Å². The quantitative estimate of drug-likeness (QED) is 0.792. The number of hydrogen-bond acceptors (Lipinski definition) is 5. The van der Waals surface area contributed by atoms with Crippen LogP contribution in [0.2, 0.25) is 0 Å². The Balaban J connectivity index is 1.62. The summed E-state index contributed by atoms with van der Waals surface area (Å²) in [6.07, 6.45) is 0.726. The van der Waals surface area contributed by atoms with Gasteiger partial charge in [-0.2, -0.15) is 0 Å². The molecule has 0 aliphatic carbocycles. The van der Waals surface area contributed by atoms with Crippen LogP contribution >= 0.6 is 0 Å². The third-order valence-electron chi connectivity index (χ3n) is 5.32. The normalized spacial score (nSPS) is 34.4. The van der Waals surface area contributed by atoms with Gasteiger partial charge in [0.2, 0.25) is 0 Å². The Morgan fingerprint density at radius 1 is 1.39 bits per heavy atom. The van der Waals surface area contributed by atoms with Crippen LogP contribution < -0.4 is 5.32 Å². The van der Waals surface area contributed by atoms with Crippen molar-refractivity contribution in [3.05, 3.63) is 34.9 Å². The van der Waals surface area contributed by atoms with Gasteiger partial charge >= 0.3 is 5.97 Å². The van der Waals surface area contributed by atoms with Gasteiger partial charge < -0.3 is 14.8 Å². The lowest BCUT2D eigenvalue weighted by molar-refractivity contribution is -0.134. The zero-order valence-corrected chi connectivity index (χ0v) is 13.8. The molecular formula is C18H24N2O3. The molecule has 3 heterocycles. The molecule has 0 radical (unpaired) electrons. The molecule has 0 bridgehead atoms. The van der Waals surface area contributed by atoms with Crippen molar-refractivity contribution in [2.75, 3.05) is 32.8 Å². The first-order chi connectivity index (χ1) is 11.0. The lowest BCUT2D eigenvalue weighted by Gasteiger charge is -2.47. The van der Waals surface area contributed by atoms with Crippen LogP contribution in [0.3, 0.4) is 0 Å². The number of hydrogen-bond donors (Lipinski definition) is 1. The first kappa shape index (κ1) is 15.1. The minimum absolute atomic E-state index is 0.0529. The number of nitrogens with zero attached hydrogens (tertiary/aromatic N) is 1. The maximum atomic E-state index is 12.0. The molecule has 2 fully saturated rings. The molecule has 0 amide bonds. The third kappa shape index (κ3) is 2.67. The van der Waals surface area contributed by atoms with E-state index in [1.54, 1.807) is 0 Å². The predicted molar refractivity (Wildman–Crippen MR) is 86.6 cm³/mol. The molecule has 1 N–H and O–H groups in total. The summed E-state index contributed by atoms with van der Waals surface area (Å²) in [5, 5.41) is 3.43. The number of rotatable bonds is 1. The van der Waals surface area contributed by atoms with Crippen LogP contribution in [-0.2, 0) is 21.5 Å². The van der Waals surface area contributed by atoms with Gasteiger partial charge in [-0.3, -0.25) is 4.90 Å². The number of nitrogens with one attached hydrogen (secondary N) is 1. The van der Waals surface area contributed by atoms with E-state index in [2.05, 4.69) is 23.2 Å². The minimum atomic E-state index is -0.312. The Bertz CT molecular complexity index is 633. The molecule has 23 heavy (non-hydrogen) atoms. The molecule has 2 saturated heterocycles. The standard InChI is InChI=1S/C18H24N2O3/c1-12-7-13-8-14(3-4-16(13)17(21)23-12)18(2)11-20-6-5-19-9-15(20)10-22-18/h3-4,8,12,15,19H,5-7,9-11H2,1-2H3/t12-,15-,18?/m0/s1. The van der Waals surface area contributed by atoms with Gasteiger partial charge in [-0.15, -0.1) is 0 Å². The maximum absolute atomic E-state index is 12.0. The Morgan fingerprint density at radius 2 is 2.26 bits per heavy atom. The van der Waals surface area contributed by atoms with Gasteiger partial charge in [0.1, 0.15) is 11.7 Å². The molecule has 4 rings (SSSR count). The van der Waals surface area contributed by atoms with Gasteiger partial charge in [-0.05, 0) is 31.0 Å². The summed E-state index contributed by atoms with van der Waals surface area (Å²) in [6.45, 7) is 8.87. The van der Waals surface area contributed by atoms with Crippen molar-refractivity contribution in [1.82, 2.24) is 10.2 Å². The highest BCUT2D eigenvalue weighted by Crippen LogP contribution is 2.34. The van der Waals surface area contributed by atoms with E-state index in [1.807, 2.05) is 19.1 Å². The van der Waals surface area contributed by atoms with Crippen molar-refractivity contribution in [1.29, 1.82) is 0 Å². The smallest absolute Gasteiger partial charge is 0.338 e. The average Bonchev–Trinajstić information content (AvgIpc) is 2.54. The molecular weight excluding hydrogens is 292 g/mol. The number of ether oxygens (including phenoxy) is 2. The molecule has 3 aliphatic rings. The molecule has 5 nitrogen and oxygen atoms in total. The molecule has 0 aromatic heterocycles. The van der Waals surface area contributed by atoms with Gasteiger partial charge in [0.25, 0.3) is 0 Å². The molecule has 1 aromatic carbocycles. The van der Waals surface area contributed by atoms with Crippen molar-refractivity contribution >= 4 is 5.97 Å². The van der Waals surface area contributed by atoms with E-state index >= 15 is 0 Å². The van der Waals surface area contributed by atoms with Crippen LogP contribution in [0.4, 0.5) is 0 Å². The zero-order chi connectivity index (χ0) is 16.0. The van der Waals surface area contributed by atoms with Crippen molar-refractivity contribution in [3.63, 3.8) is 0 Å². The molecule has 1 aromatic rings. The highest BCUT2D eigenvalue weighted by Gasteiger charge is 2.40. The highest BCUT2D eigenvalue weighted by molar-refractivity contribution is 5.92. The number of piperazine rings is 1. The van der Waals surface area contributed by atoms with Crippen LogP contribution in [0.15, 0.2) is 18.2 Å². The van der Waals surface area contributed by atoms with Crippen LogP contribution in [-0.4, -0.2) is 55.8 Å². The topological polar surface area (TPSA) is 50.8 Å². The average molecular weight is 316 g/mol. The fourth-order valence-electron chi connectivity index (χ4n) is 3.95. The largest absolute Gasteiger partial charge is 0.459 e. The SMILES string of the molecule is C[C@H]1Cc2cc(C3(C)CN4CCNC[C@H]4CO3)ccc2C(=O)O1. The first-order valence-electron chi connectivity index (χ1n) is 8.48. The summed E-state index contributed by atoms with van der Waals surface area (Å²) >= 11 is 0. The number of carbonyl (C=O) groups is 1. The van der Waals surface area contributed by atoms with Gasteiger partial charge in [-0.1, -0.05) is 12.1 Å². The molecule has 5 heteroatoms. The fourth-order valence-corrected chi connectivity index (χ4v) is 3.95. The van der Waals surface area contributed by atoms with E-state index in [1.165, 1.54) is 0 Å².